The van der Waals surface area contributed by atoms with Crippen LogP contribution in [0.5, 0.6) is 0 Å². The molecule has 0 heteroatoms. The molecule has 0 nitrogen and oxygen atoms in total. The van der Waals surface area contributed by atoms with Gasteiger partial charge < -0.3 is 0 Å². The minimum Gasteiger partial charge on any atom is -0.0806 e. The maximum absolute atomic E-state index is 2.57. The molecule has 2 fully saturated rings. The van der Waals surface area contributed by atoms with Gasteiger partial charge in [-0.15, -0.1) is 0 Å². The van der Waals surface area contributed by atoms with Crippen LogP contribution in [0, 0.1) is 41.4 Å². The van der Waals surface area contributed by atoms with Gasteiger partial charge in [-0.25, -0.2) is 0 Å². The molecule has 124 valence electrons. The van der Waals surface area contributed by atoms with Crippen LogP contribution < -0.4 is 0 Å². The highest BCUT2D eigenvalue weighted by atomic mass is 14.4. The van der Waals surface area contributed by atoms with Crippen LogP contribution in [0.3, 0.4) is 0 Å². The van der Waals surface area contributed by atoms with E-state index in [9.17, 15) is 0 Å². The summed E-state index contributed by atoms with van der Waals surface area (Å²) in [4.78, 5) is 0. The molecule has 0 aromatic rings. The molecular weight excluding hydrogens is 264 g/mol. The molecule has 0 aliphatic heterocycles. The summed E-state index contributed by atoms with van der Waals surface area (Å²) in [7, 11) is 0. The molecule has 0 aromatic heterocycles. The maximum Gasteiger partial charge on any atom is -0.0162 e. The first kappa shape index (κ1) is 16.3. The number of hydrogen-bond acceptors (Lipinski definition) is 0. The lowest BCUT2D eigenvalue weighted by molar-refractivity contribution is 0.316. The van der Waals surface area contributed by atoms with Crippen molar-refractivity contribution in [1.29, 1.82) is 0 Å². The van der Waals surface area contributed by atoms with E-state index in [1.54, 1.807) is 5.57 Å². The molecule has 3 rings (SSSR count). The molecule has 2 saturated carbocycles. The van der Waals surface area contributed by atoms with Gasteiger partial charge >= 0.3 is 0 Å². The van der Waals surface area contributed by atoms with Crippen molar-refractivity contribution in [2.24, 2.45) is 41.4 Å². The van der Waals surface area contributed by atoms with Gasteiger partial charge in [0, 0.05) is 0 Å². The first-order chi connectivity index (χ1) is 10.5. The van der Waals surface area contributed by atoms with Crippen LogP contribution in [0.15, 0.2) is 23.8 Å². The monoisotopic (exact) mass is 300 g/mol. The lowest BCUT2D eigenvalue weighted by atomic mass is 9.82. The number of allylic oxidation sites excluding steroid dienone is 4. The van der Waals surface area contributed by atoms with Crippen LogP contribution in [0.4, 0.5) is 0 Å². The van der Waals surface area contributed by atoms with Gasteiger partial charge in [0.05, 0.1) is 0 Å². The molecule has 3 aliphatic rings. The fourth-order valence-corrected chi connectivity index (χ4v) is 5.47. The SMILES string of the molecule is CC1CC(C)C(CC2CCC(C3=CCC(C(C)C)C=C3)C2)C1. The average Bonchev–Trinajstić information content (AvgIpc) is 3.06. The van der Waals surface area contributed by atoms with Crippen LogP contribution in [0.25, 0.3) is 0 Å². The molecule has 0 bridgehead atoms. The summed E-state index contributed by atoms with van der Waals surface area (Å²) in [5, 5.41) is 0. The van der Waals surface area contributed by atoms with E-state index in [1.807, 2.05) is 0 Å². The standard InChI is InChI=1S/C22H36/c1-15(2)19-7-9-20(10-8-19)21-6-5-18(13-21)14-22-12-16(3)11-17(22)4/h7,9-10,15-19,21-22H,5-6,8,11-14H2,1-4H3. The second-order valence-electron chi connectivity index (χ2n) is 9.13. The van der Waals surface area contributed by atoms with E-state index in [1.165, 1.54) is 44.9 Å². The van der Waals surface area contributed by atoms with E-state index in [0.29, 0.717) is 0 Å². The zero-order valence-corrected chi connectivity index (χ0v) is 15.2. The summed E-state index contributed by atoms with van der Waals surface area (Å²) in [6.45, 7) is 9.65. The molecule has 6 unspecified atom stereocenters. The summed E-state index contributed by atoms with van der Waals surface area (Å²) in [6.07, 6.45) is 17.7. The highest BCUT2D eigenvalue weighted by Gasteiger charge is 2.34. The Balaban J connectivity index is 1.50. The van der Waals surface area contributed by atoms with Crippen molar-refractivity contribution in [2.45, 2.75) is 72.6 Å². The van der Waals surface area contributed by atoms with Gasteiger partial charge in [-0.05, 0) is 91.9 Å². The van der Waals surface area contributed by atoms with E-state index < -0.39 is 0 Å². The largest absolute Gasteiger partial charge is 0.0806 e. The lowest BCUT2D eigenvalue weighted by Gasteiger charge is -2.23. The minimum atomic E-state index is 0.779. The van der Waals surface area contributed by atoms with Gasteiger partial charge in [-0.1, -0.05) is 45.9 Å². The third-order valence-electron chi connectivity index (χ3n) is 6.95. The first-order valence-corrected chi connectivity index (χ1v) is 9.91. The molecule has 0 heterocycles. The van der Waals surface area contributed by atoms with Crippen LogP contribution in [0.2, 0.25) is 0 Å². The fraction of sp³-hybridized carbons (Fsp3) is 0.818. The Labute approximate surface area is 138 Å². The lowest BCUT2D eigenvalue weighted by Crippen LogP contribution is -2.11. The predicted octanol–water partition coefficient (Wildman–Crippen LogP) is 6.63. The molecule has 3 aliphatic carbocycles. The molecule has 0 N–H and O–H groups in total. The quantitative estimate of drug-likeness (QED) is 0.546. The van der Waals surface area contributed by atoms with Crippen molar-refractivity contribution in [3.63, 3.8) is 0 Å². The molecule has 0 amide bonds. The summed E-state index contributed by atoms with van der Waals surface area (Å²) in [5.41, 5.74) is 1.67. The Morgan fingerprint density at radius 3 is 2.50 bits per heavy atom. The predicted molar refractivity (Wildman–Crippen MR) is 96.7 cm³/mol. The average molecular weight is 301 g/mol. The summed E-state index contributed by atoms with van der Waals surface area (Å²) in [5.74, 6) is 6.45. The zero-order valence-electron chi connectivity index (χ0n) is 15.2. The highest BCUT2D eigenvalue weighted by Crippen LogP contribution is 2.45. The van der Waals surface area contributed by atoms with Gasteiger partial charge in [0.1, 0.15) is 0 Å². The van der Waals surface area contributed by atoms with Crippen molar-refractivity contribution in [2.75, 3.05) is 0 Å². The van der Waals surface area contributed by atoms with Crippen molar-refractivity contribution in [3.8, 4) is 0 Å². The molecular formula is C22H36. The Hall–Kier alpha value is -0.520. The van der Waals surface area contributed by atoms with Crippen LogP contribution in [-0.2, 0) is 0 Å². The number of hydrogen-bond donors (Lipinski definition) is 0. The van der Waals surface area contributed by atoms with Gasteiger partial charge in [0.15, 0.2) is 0 Å². The first-order valence-electron chi connectivity index (χ1n) is 9.91. The summed E-state index contributed by atoms with van der Waals surface area (Å²) in [6, 6.07) is 0. The van der Waals surface area contributed by atoms with Gasteiger partial charge in [0.25, 0.3) is 0 Å². The maximum atomic E-state index is 2.57. The second-order valence-corrected chi connectivity index (χ2v) is 9.13. The smallest absolute Gasteiger partial charge is 0.0162 e. The molecule has 0 aromatic carbocycles. The summed E-state index contributed by atoms with van der Waals surface area (Å²) >= 11 is 0. The Kier molecular flexibility index (Phi) is 5.15. The van der Waals surface area contributed by atoms with E-state index in [0.717, 1.165) is 41.4 Å². The van der Waals surface area contributed by atoms with Gasteiger partial charge in [0.2, 0.25) is 0 Å². The number of rotatable bonds is 4. The zero-order chi connectivity index (χ0) is 15.7. The van der Waals surface area contributed by atoms with E-state index in [2.05, 4.69) is 45.9 Å². The second kappa shape index (κ2) is 6.93. The van der Waals surface area contributed by atoms with Crippen molar-refractivity contribution >= 4 is 0 Å². The topological polar surface area (TPSA) is 0 Å². The van der Waals surface area contributed by atoms with Gasteiger partial charge in [-0.3, -0.25) is 0 Å². The van der Waals surface area contributed by atoms with Gasteiger partial charge in [-0.2, -0.15) is 0 Å². The normalized spacial score (nSPS) is 42.1. The molecule has 0 spiro atoms. The van der Waals surface area contributed by atoms with Crippen molar-refractivity contribution in [1.82, 2.24) is 0 Å². The van der Waals surface area contributed by atoms with Crippen molar-refractivity contribution in [3.05, 3.63) is 23.8 Å². The Morgan fingerprint density at radius 2 is 1.91 bits per heavy atom. The van der Waals surface area contributed by atoms with Crippen LogP contribution >= 0.6 is 0 Å². The molecule has 0 saturated heterocycles. The fourth-order valence-electron chi connectivity index (χ4n) is 5.47. The van der Waals surface area contributed by atoms with E-state index in [4.69, 9.17) is 0 Å². The van der Waals surface area contributed by atoms with Crippen LogP contribution in [-0.4, -0.2) is 0 Å². The van der Waals surface area contributed by atoms with E-state index in [-0.39, 0.29) is 0 Å². The third kappa shape index (κ3) is 3.69. The van der Waals surface area contributed by atoms with E-state index >= 15 is 0 Å². The third-order valence-corrected chi connectivity index (χ3v) is 6.95. The molecule has 22 heavy (non-hydrogen) atoms. The Bertz CT molecular complexity index is 427. The van der Waals surface area contributed by atoms with Crippen molar-refractivity contribution < 1.29 is 0 Å². The molecule has 0 radical (unpaired) electrons. The van der Waals surface area contributed by atoms with Crippen LogP contribution in [0.1, 0.15) is 72.6 Å². The highest BCUT2D eigenvalue weighted by molar-refractivity contribution is 5.27. The Morgan fingerprint density at radius 1 is 1.09 bits per heavy atom. The molecule has 6 atom stereocenters. The minimum absolute atomic E-state index is 0.779. The summed E-state index contributed by atoms with van der Waals surface area (Å²) < 4.78 is 0.